The van der Waals surface area contributed by atoms with E-state index in [0.717, 1.165) is 137 Å². The molecule has 10 rings (SSSR count). The van der Waals surface area contributed by atoms with E-state index in [1.54, 1.807) is 24.3 Å². The van der Waals surface area contributed by atoms with Gasteiger partial charge >= 0.3 is 11.9 Å². The Labute approximate surface area is 369 Å². The molecule has 2 aromatic heterocycles. The summed E-state index contributed by atoms with van der Waals surface area (Å²) in [6.45, 7) is 9.89. The van der Waals surface area contributed by atoms with Gasteiger partial charge in [-0.05, 0) is 112 Å². The highest BCUT2D eigenvalue weighted by Gasteiger charge is 2.49. The Morgan fingerprint density at radius 3 is 1.54 bits per heavy atom. The van der Waals surface area contributed by atoms with Gasteiger partial charge in [-0.1, -0.05) is 50.2 Å². The Bertz CT molecular complexity index is 2310. The van der Waals surface area contributed by atoms with Gasteiger partial charge in [0.15, 0.2) is 5.78 Å². The van der Waals surface area contributed by atoms with Crippen LogP contribution in [0.2, 0.25) is 0 Å². The molecule has 2 saturated heterocycles. The lowest BCUT2D eigenvalue weighted by Crippen LogP contribution is -2.41. The number of carbonyl (C=O) groups excluding carboxylic acids is 4. The summed E-state index contributed by atoms with van der Waals surface area (Å²) < 4.78 is 26.7. The maximum Gasteiger partial charge on any atom is 0.338 e. The summed E-state index contributed by atoms with van der Waals surface area (Å²) >= 11 is 0. The van der Waals surface area contributed by atoms with Gasteiger partial charge in [-0.2, -0.15) is 10.2 Å². The number of esters is 2. The van der Waals surface area contributed by atoms with Gasteiger partial charge in [0, 0.05) is 50.2 Å². The zero-order chi connectivity index (χ0) is 43.7. The predicted octanol–water partition coefficient (Wildman–Crippen LogP) is 7.17. The Hall–Kier alpha value is -5.14. The van der Waals surface area contributed by atoms with Crippen molar-refractivity contribution >= 4 is 23.6 Å². The maximum atomic E-state index is 13.1. The Balaban J connectivity index is 0.000000160. The molecule has 2 spiro atoms. The molecule has 4 aromatic rings. The molecule has 0 atom stereocenters. The molecule has 2 aromatic carbocycles. The van der Waals surface area contributed by atoms with E-state index in [9.17, 15) is 19.2 Å². The van der Waals surface area contributed by atoms with E-state index in [1.165, 1.54) is 0 Å². The van der Waals surface area contributed by atoms with E-state index < -0.39 is 0 Å². The van der Waals surface area contributed by atoms with Crippen LogP contribution in [-0.4, -0.2) is 89.4 Å². The molecule has 3 aliphatic heterocycles. The molecule has 13 nitrogen and oxygen atoms in total. The second kappa shape index (κ2) is 17.8. The number of benzene rings is 2. The molecule has 0 unspecified atom stereocenters. The van der Waals surface area contributed by atoms with E-state index in [-0.39, 0.29) is 45.3 Å². The van der Waals surface area contributed by atoms with Crippen LogP contribution >= 0.6 is 0 Å². The average molecular weight is 860 g/mol. The normalized spacial score (nSPS) is 20.9. The summed E-state index contributed by atoms with van der Waals surface area (Å²) in [6, 6.07) is 18.2. The molecular formula is C50H61N5O8. The van der Waals surface area contributed by atoms with Gasteiger partial charge in [0.2, 0.25) is 0 Å². The lowest BCUT2D eigenvalue weighted by atomic mass is 9.68. The number of amides is 1. The molecule has 2 saturated carbocycles. The molecule has 0 bridgehead atoms. The number of nitrogens with one attached hydrogen (secondary N) is 1. The minimum absolute atomic E-state index is 0.00757. The van der Waals surface area contributed by atoms with Crippen molar-refractivity contribution in [3.63, 3.8) is 0 Å². The molecule has 3 aliphatic carbocycles. The first-order valence-electron chi connectivity index (χ1n) is 23.1. The Morgan fingerprint density at radius 2 is 1.06 bits per heavy atom. The highest BCUT2D eigenvalue weighted by atomic mass is 16.5. The molecule has 6 aliphatic rings. The topological polar surface area (TPSA) is 153 Å². The molecule has 4 fully saturated rings. The number of nitrogens with zero attached hydrogens (tertiary/aromatic N) is 4. The van der Waals surface area contributed by atoms with Crippen molar-refractivity contribution in [2.24, 2.45) is 21.7 Å². The molecule has 13 heteroatoms. The molecular weight excluding hydrogens is 799 g/mol. The minimum atomic E-state index is -0.286. The van der Waals surface area contributed by atoms with Crippen molar-refractivity contribution < 1.29 is 38.1 Å². The molecule has 1 N–H and O–H groups in total. The fraction of sp³-hybridized carbons (Fsp3) is 0.560. The van der Waals surface area contributed by atoms with Gasteiger partial charge in [0.1, 0.15) is 0 Å². The molecule has 1 amide bonds. The van der Waals surface area contributed by atoms with E-state index in [0.29, 0.717) is 50.4 Å². The number of ketones is 1. The van der Waals surface area contributed by atoms with Crippen LogP contribution in [0.1, 0.15) is 136 Å². The molecule has 5 heterocycles. The summed E-state index contributed by atoms with van der Waals surface area (Å²) in [5.74, 6) is -0.329. The van der Waals surface area contributed by atoms with E-state index in [2.05, 4.69) is 21.6 Å². The van der Waals surface area contributed by atoms with Gasteiger partial charge in [0.25, 0.3) is 5.91 Å². The first-order chi connectivity index (χ1) is 30.6. The summed E-state index contributed by atoms with van der Waals surface area (Å²) in [5, 5.41) is 12.9. The fourth-order valence-electron chi connectivity index (χ4n) is 10.2. The number of hydrogen-bond donors (Lipinski definition) is 1. The third kappa shape index (κ3) is 9.27. The van der Waals surface area contributed by atoms with E-state index in [1.807, 2.05) is 43.3 Å². The van der Waals surface area contributed by atoms with Crippen molar-refractivity contribution in [1.82, 2.24) is 24.9 Å². The predicted molar refractivity (Wildman–Crippen MR) is 234 cm³/mol. The highest BCUT2D eigenvalue weighted by Crippen LogP contribution is 2.50. The number of rotatable bonds is 12. The first-order valence-corrected chi connectivity index (χ1v) is 23.1. The monoisotopic (exact) mass is 859 g/mol. The third-order valence-electron chi connectivity index (χ3n) is 14.7. The van der Waals surface area contributed by atoms with Crippen LogP contribution < -0.4 is 5.32 Å². The maximum absolute atomic E-state index is 13.1. The summed E-state index contributed by atoms with van der Waals surface area (Å²) in [5.41, 5.74) is 6.55. The van der Waals surface area contributed by atoms with Gasteiger partial charge in [-0.3, -0.25) is 19.0 Å². The number of aryl methyl sites for hydroxylation is 2. The molecule has 0 radical (unpaired) electrons. The standard InChI is InChI=1S/C25H31N3O4.C25H30N2O4/c1-2-19-21-20(14-24(15-26-22(21)29)10-12-31-13-11-24)28(27-19)16-25(8-9-25)17-32-23(30)18-6-4-3-5-7-18;1-2-19-22-20(14-24(15-21(22)28)10-12-30-13-11-24)27(26-19)16-25(8-9-25)17-31-23(29)18-6-4-3-5-7-18/h3-7H,2,8-17H2,1H3,(H,26,29);3-7H,2,8-17H2,1H3. The quantitative estimate of drug-likeness (QED) is 0.145. The number of Topliss-reactive ketones (excluding diaryl/α,β-unsaturated/α-hetero) is 1. The second-order valence-electron chi connectivity index (χ2n) is 19.3. The van der Waals surface area contributed by atoms with Gasteiger partial charge < -0.3 is 24.3 Å². The lowest BCUT2D eigenvalue weighted by molar-refractivity contribution is 0.00801. The third-order valence-corrected chi connectivity index (χ3v) is 14.7. The van der Waals surface area contributed by atoms with Gasteiger partial charge in [-0.15, -0.1) is 0 Å². The van der Waals surface area contributed by atoms with Crippen LogP contribution in [0, 0.1) is 21.7 Å². The second-order valence-corrected chi connectivity index (χ2v) is 19.3. The Kier molecular flexibility index (Phi) is 12.2. The zero-order valence-electron chi connectivity index (χ0n) is 36.9. The SMILES string of the molecule is CCc1nn(CC2(COC(=O)c3ccccc3)CC2)c2c1C(=O)CC1(CCOCC1)C2.CCc1nn(CC2(COC(=O)c3ccccc3)CC2)c2c1C(=O)NCC1(CCOCC1)C2. The van der Waals surface area contributed by atoms with Crippen molar-refractivity contribution in [1.29, 1.82) is 0 Å². The summed E-state index contributed by atoms with van der Waals surface area (Å²) in [6.07, 6.45) is 11.6. The van der Waals surface area contributed by atoms with E-state index in [4.69, 9.17) is 29.1 Å². The zero-order valence-corrected chi connectivity index (χ0v) is 36.9. The van der Waals surface area contributed by atoms with Crippen molar-refractivity contribution in [2.45, 2.75) is 110 Å². The smallest absolute Gasteiger partial charge is 0.338 e. The number of fused-ring (bicyclic) bond motifs is 2. The minimum Gasteiger partial charge on any atom is -0.461 e. The van der Waals surface area contributed by atoms with Crippen LogP contribution in [0.4, 0.5) is 0 Å². The first kappa shape index (κ1) is 43.1. The average Bonchev–Trinajstić information content (AvgIpc) is 4.22. The molecule has 334 valence electrons. The van der Waals surface area contributed by atoms with Crippen molar-refractivity contribution in [3.8, 4) is 0 Å². The summed E-state index contributed by atoms with van der Waals surface area (Å²) in [7, 11) is 0. The van der Waals surface area contributed by atoms with Gasteiger partial charge in [0.05, 0.1) is 71.3 Å². The van der Waals surface area contributed by atoms with Crippen LogP contribution in [0.25, 0.3) is 0 Å². The lowest BCUT2D eigenvalue weighted by Gasteiger charge is -2.39. The van der Waals surface area contributed by atoms with Crippen molar-refractivity contribution in [2.75, 3.05) is 46.2 Å². The summed E-state index contributed by atoms with van der Waals surface area (Å²) in [4.78, 5) is 51.0. The number of carbonyl (C=O) groups is 4. The number of hydrogen-bond acceptors (Lipinski definition) is 10. The van der Waals surface area contributed by atoms with Gasteiger partial charge in [-0.25, -0.2) is 9.59 Å². The highest BCUT2D eigenvalue weighted by molar-refractivity contribution is 6.00. The van der Waals surface area contributed by atoms with Crippen LogP contribution in [0.5, 0.6) is 0 Å². The van der Waals surface area contributed by atoms with Crippen LogP contribution in [-0.2, 0) is 57.7 Å². The van der Waals surface area contributed by atoms with E-state index >= 15 is 0 Å². The van der Waals surface area contributed by atoms with Crippen LogP contribution in [0.3, 0.4) is 0 Å². The van der Waals surface area contributed by atoms with Crippen molar-refractivity contribution in [3.05, 3.63) is 106 Å². The molecule has 63 heavy (non-hydrogen) atoms. The largest absolute Gasteiger partial charge is 0.461 e. The Morgan fingerprint density at radius 1 is 0.619 bits per heavy atom. The number of aromatic nitrogens is 4. The van der Waals surface area contributed by atoms with Crippen LogP contribution in [0.15, 0.2) is 60.7 Å². The fourth-order valence-corrected chi connectivity index (χ4v) is 10.2. The number of ether oxygens (including phenoxy) is 4.